The Morgan fingerprint density at radius 2 is 1.95 bits per heavy atom. The molecule has 0 aliphatic rings. The summed E-state index contributed by atoms with van der Waals surface area (Å²) in [6, 6.07) is 9.48. The molecule has 0 unspecified atom stereocenters. The summed E-state index contributed by atoms with van der Waals surface area (Å²) in [5, 5.41) is 7.43. The van der Waals surface area contributed by atoms with Gasteiger partial charge in [-0.2, -0.15) is 0 Å². The van der Waals surface area contributed by atoms with Crippen LogP contribution in [0.2, 0.25) is 5.02 Å². The van der Waals surface area contributed by atoms with E-state index in [4.69, 9.17) is 23.8 Å². The van der Waals surface area contributed by atoms with Crippen molar-refractivity contribution in [3.8, 4) is 0 Å². The van der Waals surface area contributed by atoms with Crippen LogP contribution >= 0.6 is 23.8 Å². The van der Waals surface area contributed by atoms with Gasteiger partial charge in [-0.1, -0.05) is 17.7 Å². The van der Waals surface area contributed by atoms with Gasteiger partial charge in [0, 0.05) is 16.9 Å². The summed E-state index contributed by atoms with van der Waals surface area (Å²) in [7, 11) is 0. The van der Waals surface area contributed by atoms with Crippen molar-refractivity contribution in [1.29, 1.82) is 0 Å². The highest BCUT2D eigenvalue weighted by atomic mass is 35.5. The molecule has 0 bridgehead atoms. The standard InChI is InChI=1S/C14H14ClN3S/c1-9-4-3-7-16-13(9)18-14(19)17-12-6-5-11(15)8-10(12)2/h3-8H,1-2H3,(H2,16,17,18,19). The molecule has 3 nitrogen and oxygen atoms in total. The van der Waals surface area contributed by atoms with Crippen molar-refractivity contribution in [3.05, 3.63) is 52.7 Å². The predicted octanol–water partition coefficient (Wildman–Crippen LogP) is 4.16. The zero-order valence-corrected chi connectivity index (χ0v) is 12.3. The third kappa shape index (κ3) is 3.66. The zero-order chi connectivity index (χ0) is 13.8. The number of rotatable bonds is 2. The second-order valence-electron chi connectivity index (χ2n) is 4.21. The predicted molar refractivity (Wildman–Crippen MR) is 85.0 cm³/mol. The lowest BCUT2D eigenvalue weighted by atomic mass is 10.2. The van der Waals surface area contributed by atoms with Crippen LogP contribution < -0.4 is 10.6 Å². The Kier molecular flexibility index (Phi) is 4.35. The molecular weight excluding hydrogens is 278 g/mol. The number of aryl methyl sites for hydroxylation is 2. The van der Waals surface area contributed by atoms with Crippen molar-refractivity contribution in [2.75, 3.05) is 10.6 Å². The molecule has 1 aromatic carbocycles. The van der Waals surface area contributed by atoms with Crippen LogP contribution in [0.3, 0.4) is 0 Å². The van der Waals surface area contributed by atoms with E-state index in [-0.39, 0.29) is 0 Å². The van der Waals surface area contributed by atoms with Gasteiger partial charge in [0.2, 0.25) is 0 Å². The van der Waals surface area contributed by atoms with Crippen molar-refractivity contribution >= 4 is 40.4 Å². The second-order valence-corrected chi connectivity index (χ2v) is 5.05. The van der Waals surface area contributed by atoms with Crippen LogP contribution in [0.15, 0.2) is 36.5 Å². The van der Waals surface area contributed by atoms with E-state index in [0.29, 0.717) is 10.1 Å². The fourth-order valence-electron chi connectivity index (χ4n) is 1.64. The molecule has 1 heterocycles. The molecule has 19 heavy (non-hydrogen) atoms. The molecular formula is C14H14ClN3S. The Morgan fingerprint density at radius 3 is 2.63 bits per heavy atom. The summed E-state index contributed by atoms with van der Waals surface area (Å²) in [6.45, 7) is 3.95. The fraction of sp³-hybridized carbons (Fsp3) is 0.143. The quantitative estimate of drug-likeness (QED) is 0.815. The van der Waals surface area contributed by atoms with Crippen LogP contribution in [0.4, 0.5) is 11.5 Å². The smallest absolute Gasteiger partial charge is 0.176 e. The van der Waals surface area contributed by atoms with Crippen molar-refractivity contribution in [1.82, 2.24) is 4.98 Å². The minimum absolute atomic E-state index is 0.507. The van der Waals surface area contributed by atoms with Gasteiger partial charge in [0.25, 0.3) is 0 Å². The van der Waals surface area contributed by atoms with E-state index in [9.17, 15) is 0 Å². The molecule has 1 aromatic heterocycles. The Hall–Kier alpha value is -1.65. The Morgan fingerprint density at radius 1 is 1.16 bits per heavy atom. The number of halogens is 1. The summed E-state index contributed by atoms with van der Waals surface area (Å²) in [6.07, 6.45) is 1.73. The number of benzene rings is 1. The monoisotopic (exact) mass is 291 g/mol. The Balaban J connectivity index is 2.08. The van der Waals surface area contributed by atoms with Crippen molar-refractivity contribution < 1.29 is 0 Å². The minimum Gasteiger partial charge on any atom is -0.332 e. The second kappa shape index (κ2) is 5.99. The van der Waals surface area contributed by atoms with E-state index < -0.39 is 0 Å². The Labute approximate surface area is 123 Å². The average Bonchev–Trinajstić information content (AvgIpc) is 2.36. The molecule has 0 atom stereocenters. The van der Waals surface area contributed by atoms with Gasteiger partial charge in [-0.3, -0.25) is 0 Å². The topological polar surface area (TPSA) is 37.0 Å². The molecule has 0 saturated heterocycles. The molecule has 0 aliphatic carbocycles. The molecule has 98 valence electrons. The average molecular weight is 292 g/mol. The first-order valence-corrected chi connectivity index (χ1v) is 6.60. The van der Waals surface area contributed by atoms with Crippen LogP contribution in [0.1, 0.15) is 11.1 Å². The van der Waals surface area contributed by atoms with E-state index in [1.165, 1.54) is 0 Å². The first kappa shape index (κ1) is 13.8. The lowest BCUT2D eigenvalue weighted by Gasteiger charge is -2.13. The molecule has 0 saturated carbocycles. The SMILES string of the molecule is Cc1cc(Cl)ccc1NC(=S)Nc1ncccc1C. The van der Waals surface area contributed by atoms with Crippen LogP contribution in [0, 0.1) is 13.8 Å². The van der Waals surface area contributed by atoms with Gasteiger partial charge in [-0.05, 0) is 61.5 Å². The minimum atomic E-state index is 0.507. The number of hydrogen-bond acceptors (Lipinski definition) is 2. The van der Waals surface area contributed by atoms with Crippen LogP contribution in [-0.2, 0) is 0 Å². The van der Waals surface area contributed by atoms with Crippen LogP contribution in [0.5, 0.6) is 0 Å². The van der Waals surface area contributed by atoms with Gasteiger partial charge in [0.1, 0.15) is 5.82 Å². The summed E-state index contributed by atoms with van der Waals surface area (Å²) in [5.74, 6) is 0.756. The van der Waals surface area contributed by atoms with Gasteiger partial charge < -0.3 is 10.6 Å². The van der Waals surface area contributed by atoms with E-state index in [0.717, 1.165) is 22.6 Å². The maximum atomic E-state index is 5.92. The molecule has 2 N–H and O–H groups in total. The molecule has 2 rings (SSSR count). The molecule has 0 aliphatic heterocycles. The summed E-state index contributed by atoms with van der Waals surface area (Å²) < 4.78 is 0. The highest BCUT2D eigenvalue weighted by Crippen LogP contribution is 2.20. The van der Waals surface area contributed by atoms with E-state index in [1.54, 1.807) is 6.20 Å². The molecule has 5 heteroatoms. The number of hydrogen-bond donors (Lipinski definition) is 2. The van der Waals surface area contributed by atoms with E-state index in [2.05, 4.69) is 15.6 Å². The first-order valence-electron chi connectivity index (χ1n) is 5.82. The van der Waals surface area contributed by atoms with Gasteiger partial charge in [0.15, 0.2) is 5.11 Å². The zero-order valence-electron chi connectivity index (χ0n) is 10.7. The molecule has 0 radical (unpaired) electrons. The number of anilines is 2. The normalized spacial score (nSPS) is 10.1. The lowest BCUT2D eigenvalue weighted by molar-refractivity contribution is 1.27. The van der Waals surface area contributed by atoms with Crippen molar-refractivity contribution in [3.63, 3.8) is 0 Å². The number of aromatic nitrogens is 1. The highest BCUT2D eigenvalue weighted by Gasteiger charge is 2.04. The van der Waals surface area contributed by atoms with Crippen molar-refractivity contribution in [2.24, 2.45) is 0 Å². The van der Waals surface area contributed by atoms with Gasteiger partial charge in [0.05, 0.1) is 0 Å². The number of thiocarbonyl (C=S) groups is 1. The maximum Gasteiger partial charge on any atom is 0.176 e. The van der Waals surface area contributed by atoms with Crippen LogP contribution in [-0.4, -0.2) is 10.1 Å². The van der Waals surface area contributed by atoms with Crippen LogP contribution in [0.25, 0.3) is 0 Å². The molecule has 0 fully saturated rings. The van der Waals surface area contributed by atoms with E-state index in [1.807, 2.05) is 44.2 Å². The first-order chi connectivity index (χ1) is 9.06. The molecule has 0 amide bonds. The highest BCUT2D eigenvalue weighted by molar-refractivity contribution is 7.80. The molecule has 2 aromatic rings. The maximum absolute atomic E-state index is 5.92. The summed E-state index contributed by atoms with van der Waals surface area (Å²) >= 11 is 11.2. The third-order valence-corrected chi connectivity index (χ3v) is 3.12. The van der Waals surface area contributed by atoms with Gasteiger partial charge in [-0.25, -0.2) is 4.98 Å². The molecule has 0 spiro atoms. The van der Waals surface area contributed by atoms with Gasteiger partial charge in [-0.15, -0.1) is 0 Å². The number of pyridine rings is 1. The summed E-state index contributed by atoms with van der Waals surface area (Å²) in [4.78, 5) is 4.24. The largest absolute Gasteiger partial charge is 0.332 e. The summed E-state index contributed by atoms with van der Waals surface area (Å²) in [5.41, 5.74) is 3.00. The number of nitrogens with zero attached hydrogens (tertiary/aromatic N) is 1. The van der Waals surface area contributed by atoms with Crippen molar-refractivity contribution in [2.45, 2.75) is 13.8 Å². The number of nitrogens with one attached hydrogen (secondary N) is 2. The lowest BCUT2D eigenvalue weighted by Crippen LogP contribution is -2.20. The third-order valence-electron chi connectivity index (χ3n) is 2.68. The van der Waals surface area contributed by atoms with Gasteiger partial charge >= 0.3 is 0 Å². The Bertz CT molecular complexity index is 613. The fourth-order valence-corrected chi connectivity index (χ4v) is 2.08. The van der Waals surface area contributed by atoms with E-state index >= 15 is 0 Å².